The number of piperazine rings is 1. The van der Waals surface area contributed by atoms with E-state index in [1.165, 1.54) is 0 Å². The number of ether oxygens (including phenoxy) is 1. The van der Waals surface area contributed by atoms with Gasteiger partial charge >= 0.3 is 6.09 Å². The highest BCUT2D eigenvalue weighted by molar-refractivity contribution is 5.97. The zero-order chi connectivity index (χ0) is 30.3. The molecule has 3 heterocycles. The van der Waals surface area contributed by atoms with E-state index in [1.807, 2.05) is 51.1 Å². The Kier molecular flexibility index (Phi) is 13.2. The predicted octanol–water partition coefficient (Wildman–Crippen LogP) is 3.93. The van der Waals surface area contributed by atoms with Crippen molar-refractivity contribution < 1.29 is 23.9 Å². The van der Waals surface area contributed by atoms with Crippen LogP contribution in [0.25, 0.3) is 11.4 Å². The highest BCUT2D eigenvalue weighted by atomic mass is 16.6. The van der Waals surface area contributed by atoms with Gasteiger partial charge in [-0.2, -0.15) is 0 Å². The van der Waals surface area contributed by atoms with E-state index in [0.717, 1.165) is 50.6 Å². The van der Waals surface area contributed by atoms with Crippen LogP contribution in [0.3, 0.4) is 0 Å². The van der Waals surface area contributed by atoms with Gasteiger partial charge in [-0.05, 0) is 25.7 Å². The fraction of sp³-hybridized carbons (Fsp3) is 0.548. The summed E-state index contributed by atoms with van der Waals surface area (Å²) in [6, 6.07) is 10.2. The normalized spacial score (nSPS) is 15.4. The van der Waals surface area contributed by atoms with E-state index in [4.69, 9.17) is 9.72 Å². The summed E-state index contributed by atoms with van der Waals surface area (Å²) in [5.74, 6) is 0.329. The van der Waals surface area contributed by atoms with Crippen molar-refractivity contribution in [3.63, 3.8) is 0 Å². The molecule has 11 heteroatoms. The number of nitrogens with zero attached hydrogens (tertiary/aromatic N) is 5. The van der Waals surface area contributed by atoms with Crippen LogP contribution in [0.5, 0.6) is 0 Å². The summed E-state index contributed by atoms with van der Waals surface area (Å²) in [6.07, 6.45) is 4.50. The SMILES string of the molecule is CC.CCCCOC(=O)N1CCN(C(=O)[C@H](CCC=O)NC(=O)c2cc(N3CCCC3)nc(-c3ccccc3)n2)CC1. The number of nitrogens with one attached hydrogen (secondary N) is 1. The van der Waals surface area contributed by atoms with Crippen molar-refractivity contribution in [3.05, 3.63) is 42.1 Å². The van der Waals surface area contributed by atoms with Crippen molar-refractivity contribution in [2.75, 3.05) is 50.8 Å². The molecule has 2 aromatic rings. The molecule has 2 fully saturated rings. The minimum atomic E-state index is -0.897. The van der Waals surface area contributed by atoms with Gasteiger partial charge in [-0.15, -0.1) is 0 Å². The third kappa shape index (κ3) is 8.99. The van der Waals surface area contributed by atoms with Crippen molar-refractivity contribution in [2.45, 2.75) is 65.3 Å². The van der Waals surface area contributed by atoms with E-state index in [9.17, 15) is 19.2 Å². The second-order valence-corrected chi connectivity index (χ2v) is 10.0. The maximum atomic E-state index is 13.5. The Morgan fingerprint density at radius 3 is 2.29 bits per heavy atom. The monoisotopic (exact) mass is 580 g/mol. The zero-order valence-electron chi connectivity index (χ0n) is 25.1. The number of aldehydes is 1. The molecule has 2 aliphatic rings. The van der Waals surface area contributed by atoms with E-state index >= 15 is 0 Å². The van der Waals surface area contributed by atoms with E-state index in [1.54, 1.807) is 15.9 Å². The third-order valence-electron chi connectivity index (χ3n) is 7.16. The first-order valence-corrected chi connectivity index (χ1v) is 15.1. The van der Waals surface area contributed by atoms with E-state index in [0.29, 0.717) is 44.4 Å². The molecule has 0 spiro atoms. The molecule has 2 aliphatic heterocycles. The molecule has 0 saturated carbocycles. The van der Waals surface area contributed by atoms with Crippen LogP contribution in [0.2, 0.25) is 0 Å². The quantitative estimate of drug-likeness (QED) is 0.313. The van der Waals surface area contributed by atoms with Gasteiger partial charge in [0.05, 0.1) is 6.61 Å². The fourth-order valence-electron chi connectivity index (χ4n) is 4.82. The summed E-state index contributed by atoms with van der Waals surface area (Å²) in [5, 5.41) is 2.83. The molecular formula is C31H44N6O5. The van der Waals surface area contributed by atoms with Gasteiger partial charge in [0.2, 0.25) is 5.91 Å². The number of carbonyl (C=O) groups is 4. The van der Waals surface area contributed by atoms with Gasteiger partial charge in [0, 0.05) is 57.3 Å². The van der Waals surface area contributed by atoms with Gasteiger partial charge in [0.15, 0.2) is 5.82 Å². The molecule has 228 valence electrons. The zero-order valence-corrected chi connectivity index (χ0v) is 25.1. The van der Waals surface area contributed by atoms with E-state index in [-0.39, 0.29) is 30.5 Å². The van der Waals surface area contributed by atoms with Gasteiger partial charge in [-0.1, -0.05) is 57.5 Å². The molecule has 0 unspecified atom stereocenters. The number of amides is 3. The molecule has 2 saturated heterocycles. The van der Waals surface area contributed by atoms with Crippen LogP contribution in [0.1, 0.15) is 69.8 Å². The minimum absolute atomic E-state index is 0.123. The lowest BCUT2D eigenvalue weighted by atomic mass is 10.1. The summed E-state index contributed by atoms with van der Waals surface area (Å²) in [7, 11) is 0. The van der Waals surface area contributed by atoms with E-state index in [2.05, 4.69) is 15.2 Å². The summed E-state index contributed by atoms with van der Waals surface area (Å²) in [5.41, 5.74) is 0.955. The van der Waals surface area contributed by atoms with Crippen LogP contribution in [-0.4, -0.2) is 95.9 Å². The van der Waals surface area contributed by atoms with Crippen LogP contribution in [0, 0.1) is 0 Å². The Labute approximate surface area is 248 Å². The number of rotatable bonds is 11. The summed E-state index contributed by atoms with van der Waals surface area (Å²) >= 11 is 0. The first-order valence-electron chi connectivity index (χ1n) is 15.1. The number of carbonyl (C=O) groups excluding carboxylic acids is 4. The molecule has 4 rings (SSSR count). The molecule has 1 aromatic heterocycles. The maximum Gasteiger partial charge on any atom is 0.409 e. The first-order chi connectivity index (χ1) is 20.5. The number of benzene rings is 1. The van der Waals surface area contributed by atoms with Gasteiger partial charge in [-0.25, -0.2) is 14.8 Å². The smallest absolute Gasteiger partial charge is 0.409 e. The molecule has 0 aliphatic carbocycles. The highest BCUT2D eigenvalue weighted by Crippen LogP contribution is 2.23. The van der Waals surface area contributed by atoms with Gasteiger partial charge < -0.3 is 29.5 Å². The topological polar surface area (TPSA) is 125 Å². The first kappa shape index (κ1) is 32.5. The molecule has 42 heavy (non-hydrogen) atoms. The summed E-state index contributed by atoms with van der Waals surface area (Å²) in [6.45, 7) is 9.43. The van der Waals surface area contributed by atoms with Crippen molar-refractivity contribution in [3.8, 4) is 11.4 Å². The third-order valence-corrected chi connectivity index (χ3v) is 7.16. The second-order valence-electron chi connectivity index (χ2n) is 10.0. The predicted molar refractivity (Wildman–Crippen MR) is 161 cm³/mol. The van der Waals surface area contributed by atoms with Crippen LogP contribution >= 0.6 is 0 Å². The Morgan fingerprint density at radius 1 is 0.976 bits per heavy atom. The van der Waals surface area contributed by atoms with Crippen LogP contribution < -0.4 is 10.2 Å². The lowest BCUT2D eigenvalue weighted by molar-refractivity contribution is -0.135. The molecular weight excluding hydrogens is 536 g/mol. The van der Waals surface area contributed by atoms with Crippen molar-refractivity contribution in [2.24, 2.45) is 0 Å². The van der Waals surface area contributed by atoms with Gasteiger partial charge in [0.1, 0.15) is 23.8 Å². The van der Waals surface area contributed by atoms with Crippen molar-refractivity contribution in [1.82, 2.24) is 25.1 Å². The van der Waals surface area contributed by atoms with Crippen LogP contribution in [0.15, 0.2) is 36.4 Å². The Bertz CT molecular complexity index is 1160. The molecule has 1 atom stereocenters. The average Bonchev–Trinajstić information content (AvgIpc) is 3.59. The molecule has 1 aromatic carbocycles. The van der Waals surface area contributed by atoms with E-state index < -0.39 is 11.9 Å². The molecule has 0 bridgehead atoms. The maximum absolute atomic E-state index is 13.5. The molecule has 1 N–H and O–H groups in total. The lowest BCUT2D eigenvalue weighted by Gasteiger charge is -2.36. The fourth-order valence-corrected chi connectivity index (χ4v) is 4.82. The number of aromatic nitrogens is 2. The standard InChI is InChI=1S/C29H38N6O5.C2H6/c1-2-3-20-40-29(39)35-17-15-34(16-18-35)28(38)23(12-9-19-36)31-27(37)24-21-25(33-13-7-8-14-33)32-26(30-24)22-10-5-4-6-11-22;1-2/h4-6,10-11,19,21,23H,2-3,7-9,12-18,20H2,1H3,(H,31,37);1-2H3/t23-;/m0./s1. The van der Waals surface area contributed by atoms with Crippen molar-refractivity contribution in [1.29, 1.82) is 0 Å². The number of anilines is 1. The highest BCUT2D eigenvalue weighted by Gasteiger charge is 2.31. The van der Waals surface area contributed by atoms with Crippen LogP contribution in [-0.2, 0) is 14.3 Å². The molecule has 0 radical (unpaired) electrons. The number of hydrogen-bond donors (Lipinski definition) is 1. The second kappa shape index (κ2) is 17.1. The van der Waals surface area contributed by atoms with Crippen LogP contribution in [0.4, 0.5) is 10.6 Å². The Morgan fingerprint density at radius 2 is 1.64 bits per heavy atom. The average molecular weight is 581 g/mol. The molecule has 3 amide bonds. The Hall–Kier alpha value is -4.02. The van der Waals surface area contributed by atoms with Gasteiger partial charge in [0.25, 0.3) is 5.91 Å². The Balaban J connectivity index is 0.00000237. The minimum Gasteiger partial charge on any atom is -0.449 e. The van der Waals surface area contributed by atoms with Gasteiger partial charge in [-0.3, -0.25) is 9.59 Å². The largest absolute Gasteiger partial charge is 0.449 e. The summed E-state index contributed by atoms with van der Waals surface area (Å²) < 4.78 is 5.28. The lowest BCUT2D eigenvalue weighted by Crippen LogP contribution is -2.56. The molecule has 11 nitrogen and oxygen atoms in total. The number of hydrogen-bond acceptors (Lipinski definition) is 8. The van der Waals surface area contributed by atoms with Crippen molar-refractivity contribution >= 4 is 30.0 Å². The summed E-state index contributed by atoms with van der Waals surface area (Å²) in [4.78, 5) is 64.9. The number of unbranched alkanes of at least 4 members (excludes halogenated alkanes) is 1.